The Bertz CT molecular complexity index is 940. The summed E-state index contributed by atoms with van der Waals surface area (Å²) in [5.74, 6) is 1.37. The number of fused-ring (bicyclic) bond motifs is 1. The van der Waals surface area contributed by atoms with Crippen LogP contribution in [0.5, 0.6) is 5.75 Å². The van der Waals surface area contributed by atoms with Crippen LogP contribution in [-0.2, 0) is 11.8 Å². The zero-order valence-corrected chi connectivity index (χ0v) is 17.4. The Labute approximate surface area is 173 Å². The number of likely N-dealkylation sites (N-methyl/N-ethyl adjacent to an activating group) is 1. The molecule has 0 radical (unpaired) electrons. The maximum Gasteiger partial charge on any atom is 0.255 e. The zero-order valence-electron chi connectivity index (χ0n) is 17.4. The van der Waals surface area contributed by atoms with Gasteiger partial charge in [0.1, 0.15) is 5.75 Å². The monoisotopic (exact) mass is 390 g/mol. The molecule has 2 bridgehead atoms. The van der Waals surface area contributed by atoms with Crippen molar-refractivity contribution in [3.8, 4) is 5.75 Å². The van der Waals surface area contributed by atoms with Gasteiger partial charge in [-0.15, -0.1) is 0 Å². The molecule has 3 aliphatic rings. The van der Waals surface area contributed by atoms with E-state index in [1.807, 2.05) is 18.2 Å². The fraction of sp³-hybridized carbons (Fsp3) is 0.480. The van der Waals surface area contributed by atoms with Crippen LogP contribution >= 0.6 is 0 Å². The molecular weight excluding hydrogens is 360 g/mol. The number of anilines is 1. The quantitative estimate of drug-likeness (QED) is 0.830. The summed E-state index contributed by atoms with van der Waals surface area (Å²) in [5, 5.41) is 3.13. The molecule has 2 fully saturated rings. The number of carbonyl (C=O) groups excluding carboxylic acids is 1. The molecule has 29 heavy (non-hydrogen) atoms. The number of likely N-dealkylation sites (tertiary alicyclic amines) is 1. The molecule has 1 saturated carbocycles. The Morgan fingerprint density at radius 2 is 2.07 bits per heavy atom. The minimum Gasteiger partial charge on any atom is -0.497 e. The van der Waals surface area contributed by atoms with E-state index in [4.69, 9.17) is 4.74 Å². The number of rotatable bonds is 3. The van der Waals surface area contributed by atoms with Crippen molar-refractivity contribution in [3.05, 3.63) is 59.2 Å². The van der Waals surface area contributed by atoms with Crippen LogP contribution in [0.1, 0.15) is 53.6 Å². The second-order valence-electron chi connectivity index (χ2n) is 9.07. The number of hydrogen-bond acceptors (Lipinski definition) is 3. The van der Waals surface area contributed by atoms with E-state index in [2.05, 4.69) is 35.5 Å². The molecular formula is C25H30N2O2. The highest BCUT2D eigenvalue weighted by Gasteiger charge is 2.53. The van der Waals surface area contributed by atoms with E-state index in [9.17, 15) is 4.79 Å². The Morgan fingerprint density at radius 3 is 2.93 bits per heavy atom. The lowest BCUT2D eigenvalue weighted by atomic mass is 9.52. The summed E-state index contributed by atoms with van der Waals surface area (Å²) >= 11 is 0. The third kappa shape index (κ3) is 3.05. The van der Waals surface area contributed by atoms with Gasteiger partial charge in [-0.1, -0.05) is 25.0 Å². The van der Waals surface area contributed by atoms with E-state index in [-0.39, 0.29) is 5.91 Å². The van der Waals surface area contributed by atoms with E-state index in [0.717, 1.165) is 18.0 Å². The van der Waals surface area contributed by atoms with Crippen LogP contribution in [-0.4, -0.2) is 37.6 Å². The molecule has 2 aromatic carbocycles. The molecule has 0 spiro atoms. The molecule has 1 saturated heterocycles. The largest absolute Gasteiger partial charge is 0.497 e. The molecule has 5 rings (SSSR count). The maximum absolute atomic E-state index is 12.8. The molecule has 2 aliphatic carbocycles. The molecule has 0 unspecified atom stereocenters. The van der Waals surface area contributed by atoms with Crippen molar-refractivity contribution in [1.82, 2.24) is 4.90 Å². The highest BCUT2D eigenvalue weighted by Crippen LogP contribution is 2.55. The van der Waals surface area contributed by atoms with E-state index in [1.165, 1.54) is 49.8 Å². The highest BCUT2D eigenvalue weighted by atomic mass is 16.5. The number of hydrogen-bond donors (Lipinski definition) is 1. The van der Waals surface area contributed by atoms with E-state index in [1.54, 1.807) is 13.2 Å². The van der Waals surface area contributed by atoms with Crippen molar-refractivity contribution >= 4 is 11.6 Å². The molecule has 1 N–H and O–H groups in total. The van der Waals surface area contributed by atoms with Gasteiger partial charge in [0.25, 0.3) is 5.91 Å². The predicted molar refractivity (Wildman–Crippen MR) is 116 cm³/mol. The van der Waals surface area contributed by atoms with Gasteiger partial charge in [0.2, 0.25) is 0 Å². The molecule has 152 valence electrons. The van der Waals surface area contributed by atoms with Crippen molar-refractivity contribution in [3.63, 3.8) is 0 Å². The minimum atomic E-state index is -0.0846. The molecule has 0 aromatic heterocycles. The van der Waals surface area contributed by atoms with Gasteiger partial charge in [0.15, 0.2) is 0 Å². The normalized spacial score (nSPS) is 28.2. The average Bonchev–Trinajstić information content (AvgIpc) is 2.76. The summed E-state index contributed by atoms with van der Waals surface area (Å²) in [6.07, 6.45) is 7.70. The molecule has 3 atom stereocenters. The van der Waals surface area contributed by atoms with Crippen LogP contribution < -0.4 is 10.1 Å². The Hall–Kier alpha value is -2.33. The average molecular weight is 391 g/mol. The van der Waals surface area contributed by atoms with Gasteiger partial charge in [0, 0.05) is 22.7 Å². The van der Waals surface area contributed by atoms with Gasteiger partial charge in [-0.2, -0.15) is 0 Å². The van der Waals surface area contributed by atoms with Crippen molar-refractivity contribution in [1.29, 1.82) is 0 Å². The number of piperidine rings is 1. The molecule has 2 aromatic rings. The molecule has 4 heteroatoms. The first kappa shape index (κ1) is 18.7. The van der Waals surface area contributed by atoms with Crippen molar-refractivity contribution in [2.24, 2.45) is 5.92 Å². The van der Waals surface area contributed by atoms with Gasteiger partial charge >= 0.3 is 0 Å². The summed E-state index contributed by atoms with van der Waals surface area (Å²) in [4.78, 5) is 15.4. The zero-order chi connectivity index (χ0) is 20.0. The number of benzene rings is 2. The first-order valence-electron chi connectivity index (χ1n) is 10.9. The van der Waals surface area contributed by atoms with Crippen LogP contribution in [0, 0.1) is 5.92 Å². The summed E-state index contributed by atoms with van der Waals surface area (Å²) in [6.45, 7) is 1.18. The van der Waals surface area contributed by atoms with E-state index >= 15 is 0 Å². The van der Waals surface area contributed by atoms with Gasteiger partial charge in [0.05, 0.1) is 7.11 Å². The SMILES string of the molecule is COc1cccc(C(=O)Nc2ccc3c(c2)[C@@]24CCCC[C@H]2[C@@H](C3)N(C)CC4)c1. The molecule has 1 aliphatic heterocycles. The number of nitrogens with one attached hydrogen (secondary N) is 1. The van der Waals surface area contributed by atoms with Gasteiger partial charge in [-0.25, -0.2) is 0 Å². The fourth-order valence-corrected chi connectivity index (χ4v) is 6.24. The van der Waals surface area contributed by atoms with Crippen molar-refractivity contribution < 1.29 is 9.53 Å². The van der Waals surface area contributed by atoms with Gasteiger partial charge < -0.3 is 15.0 Å². The van der Waals surface area contributed by atoms with Crippen molar-refractivity contribution in [2.75, 3.05) is 26.0 Å². The summed E-state index contributed by atoms with van der Waals surface area (Å²) in [6, 6.07) is 14.6. The third-order valence-electron chi connectivity index (χ3n) is 7.70. The van der Waals surface area contributed by atoms with E-state index < -0.39 is 0 Å². The van der Waals surface area contributed by atoms with Crippen LogP contribution in [0.25, 0.3) is 0 Å². The number of carbonyl (C=O) groups is 1. The summed E-state index contributed by atoms with van der Waals surface area (Å²) in [5.41, 5.74) is 4.83. The topological polar surface area (TPSA) is 41.6 Å². The number of methoxy groups -OCH3 is 1. The third-order valence-corrected chi connectivity index (χ3v) is 7.70. The summed E-state index contributed by atoms with van der Waals surface area (Å²) in [7, 11) is 3.92. The second kappa shape index (κ2) is 7.17. The number of amides is 1. The Morgan fingerprint density at radius 1 is 1.17 bits per heavy atom. The van der Waals surface area contributed by atoms with Crippen LogP contribution in [0.15, 0.2) is 42.5 Å². The van der Waals surface area contributed by atoms with Crippen molar-refractivity contribution in [2.45, 2.75) is 50.0 Å². The number of ether oxygens (including phenoxy) is 1. The fourth-order valence-electron chi connectivity index (χ4n) is 6.24. The Kier molecular flexibility index (Phi) is 4.62. The number of nitrogens with zero attached hydrogens (tertiary/aromatic N) is 1. The van der Waals surface area contributed by atoms with Crippen LogP contribution in [0.3, 0.4) is 0 Å². The molecule has 1 heterocycles. The van der Waals surface area contributed by atoms with E-state index in [0.29, 0.717) is 22.8 Å². The van der Waals surface area contributed by atoms with Crippen LogP contribution in [0.2, 0.25) is 0 Å². The highest BCUT2D eigenvalue weighted by molar-refractivity contribution is 6.04. The lowest BCUT2D eigenvalue weighted by Gasteiger charge is -2.58. The smallest absolute Gasteiger partial charge is 0.255 e. The van der Waals surface area contributed by atoms with Gasteiger partial charge in [-0.3, -0.25) is 4.79 Å². The second-order valence-corrected chi connectivity index (χ2v) is 9.07. The molecule has 4 nitrogen and oxygen atoms in total. The maximum atomic E-state index is 12.8. The first-order chi connectivity index (χ1) is 14.1. The Balaban J connectivity index is 1.47. The van der Waals surface area contributed by atoms with Gasteiger partial charge in [-0.05, 0) is 86.7 Å². The predicted octanol–water partition coefficient (Wildman–Crippen LogP) is 4.64. The van der Waals surface area contributed by atoms with Crippen LogP contribution in [0.4, 0.5) is 5.69 Å². The molecule has 1 amide bonds. The lowest BCUT2D eigenvalue weighted by molar-refractivity contribution is 0.00290. The summed E-state index contributed by atoms with van der Waals surface area (Å²) < 4.78 is 5.26. The standard InChI is InChI=1S/C25H30N2O2/c1-27-13-12-25-11-4-3-8-21(25)23(27)15-17-9-10-19(16-22(17)25)26-24(28)18-6-5-7-20(14-18)29-2/h5-7,9-10,14,16,21,23H,3-4,8,11-13,15H2,1-2H3,(H,26,28)/t21-,23+,25+/m0/s1. The first-order valence-corrected chi connectivity index (χ1v) is 10.9. The minimum absolute atomic E-state index is 0.0846. The lowest BCUT2D eigenvalue weighted by Crippen LogP contribution is -2.59.